The van der Waals surface area contributed by atoms with Crippen LogP contribution in [0.25, 0.3) is 17.5 Å². The van der Waals surface area contributed by atoms with Gasteiger partial charge in [0.2, 0.25) is 17.6 Å². The number of ether oxygens (including phenoxy) is 2. The minimum absolute atomic E-state index is 0.147. The van der Waals surface area contributed by atoms with Gasteiger partial charge in [-0.15, -0.1) is 0 Å². The summed E-state index contributed by atoms with van der Waals surface area (Å²) in [4.78, 5) is 16.3. The number of benzene rings is 2. The second-order valence-electron chi connectivity index (χ2n) is 6.04. The summed E-state index contributed by atoms with van der Waals surface area (Å²) in [5, 5.41) is 6.66. The average molecular weight is 379 g/mol. The number of aryl methyl sites for hydroxylation is 1. The predicted octanol–water partition coefficient (Wildman–Crippen LogP) is 3.39. The van der Waals surface area contributed by atoms with Crippen LogP contribution in [0.4, 0.5) is 0 Å². The zero-order valence-electron chi connectivity index (χ0n) is 15.9. The van der Waals surface area contributed by atoms with Gasteiger partial charge in [-0.25, -0.2) is 0 Å². The molecule has 28 heavy (non-hydrogen) atoms. The van der Waals surface area contributed by atoms with Crippen LogP contribution in [0, 0.1) is 6.92 Å². The normalized spacial score (nSPS) is 10.8. The highest BCUT2D eigenvalue weighted by molar-refractivity contribution is 5.91. The number of methoxy groups -OCH3 is 2. The van der Waals surface area contributed by atoms with Crippen molar-refractivity contribution < 1.29 is 18.8 Å². The van der Waals surface area contributed by atoms with Gasteiger partial charge in [0.1, 0.15) is 0 Å². The Morgan fingerprint density at radius 2 is 1.86 bits per heavy atom. The number of nitrogens with one attached hydrogen (secondary N) is 1. The molecule has 7 nitrogen and oxygen atoms in total. The van der Waals surface area contributed by atoms with E-state index in [0.29, 0.717) is 23.2 Å². The topological polar surface area (TPSA) is 86.5 Å². The highest BCUT2D eigenvalue weighted by atomic mass is 16.5. The lowest BCUT2D eigenvalue weighted by Gasteiger charge is -2.07. The first-order chi connectivity index (χ1) is 13.6. The van der Waals surface area contributed by atoms with E-state index in [9.17, 15) is 4.79 Å². The molecule has 7 heteroatoms. The molecular formula is C21H21N3O4. The maximum atomic E-state index is 12.0. The molecule has 1 amide bonds. The van der Waals surface area contributed by atoms with Gasteiger partial charge in [0.15, 0.2) is 11.5 Å². The fourth-order valence-electron chi connectivity index (χ4n) is 2.50. The summed E-state index contributed by atoms with van der Waals surface area (Å²) < 4.78 is 15.6. The summed E-state index contributed by atoms with van der Waals surface area (Å²) in [7, 11) is 3.13. The van der Waals surface area contributed by atoms with Crippen LogP contribution >= 0.6 is 0 Å². The van der Waals surface area contributed by atoms with Crippen molar-refractivity contribution in [2.45, 2.75) is 13.5 Å². The number of amides is 1. The van der Waals surface area contributed by atoms with Crippen molar-refractivity contribution >= 4 is 12.0 Å². The molecule has 0 radical (unpaired) electrons. The first kappa shape index (κ1) is 19.2. The summed E-state index contributed by atoms with van der Waals surface area (Å²) in [6, 6.07) is 13.2. The van der Waals surface area contributed by atoms with Crippen LogP contribution in [-0.2, 0) is 11.3 Å². The van der Waals surface area contributed by atoms with E-state index < -0.39 is 0 Å². The Bertz CT molecular complexity index is 978. The van der Waals surface area contributed by atoms with Gasteiger partial charge < -0.3 is 19.3 Å². The largest absolute Gasteiger partial charge is 0.493 e. The fraction of sp³-hybridized carbons (Fsp3) is 0.190. The summed E-state index contributed by atoms with van der Waals surface area (Å²) in [6.07, 6.45) is 3.11. The Hall–Kier alpha value is -3.61. The van der Waals surface area contributed by atoms with E-state index >= 15 is 0 Å². The molecule has 0 fully saturated rings. The van der Waals surface area contributed by atoms with Gasteiger partial charge in [-0.3, -0.25) is 4.79 Å². The molecule has 144 valence electrons. The molecule has 0 aliphatic carbocycles. The summed E-state index contributed by atoms with van der Waals surface area (Å²) >= 11 is 0. The van der Waals surface area contributed by atoms with Gasteiger partial charge in [0, 0.05) is 11.6 Å². The molecule has 3 rings (SSSR count). The molecule has 0 atom stereocenters. The maximum absolute atomic E-state index is 12.0. The zero-order chi connectivity index (χ0) is 19.9. The van der Waals surface area contributed by atoms with E-state index in [0.717, 1.165) is 16.7 Å². The molecule has 1 aromatic heterocycles. The number of nitrogens with zero attached hydrogens (tertiary/aromatic N) is 2. The molecule has 2 aromatic carbocycles. The number of rotatable bonds is 7. The van der Waals surface area contributed by atoms with Crippen molar-refractivity contribution in [2.75, 3.05) is 14.2 Å². The van der Waals surface area contributed by atoms with Crippen molar-refractivity contribution in [3.8, 4) is 22.9 Å². The van der Waals surface area contributed by atoms with E-state index in [2.05, 4.69) is 15.5 Å². The number of hydrogen-bond donors (Lipinski definition) is 1. The molecule has 0 aliphatic heterocycles. The second kappa shape index (κ2) is 8.85. The number of hydrogen-bond acceptors (Lipinski definition) is 6. The molecule has 0 aliphatic rings. The van der Waals surface area contributed by atoms with Gasteiger partial charge in [-0.1, -0.05) is 41.1 Å². The van der Waals surface area contributed by atoms with Crippen LogP contribution in [0.15, 0.2) is 53.1 Å². The Kier molecular flexibility index (Phi) is 6.06. The Morgan fingerprint density at radius 1 is 1.11 bits per heavy atom. The van der Waals surface area contributed by atoms with E-state index in [-0.39, 0.29) is 12.5 Å². The molecule has 0 spiro atoms. The second-order valence-corrected chi connectivity index (χ2v) is 6.04. The first-order valence-electron chi connectivity index (χ1n) is 8.66. The summed E-state index contributed by atoms with van der Waals surface area (Å²) in [6.45, 7) is 2.16. The lowest BCUT2D eigenvalue weighted by molar-refractivity contribution is -0.116. The maximum Gasteiger partial charge on any atom is 0.246 e. The third-order valence-electron chi connectivity index (χ3n) is 4.03. The molecular weight excluding hydrogens is 358 g/mol. The first-order valence-corrected chi connectivity index (χ1v) is 8.66. The molecule has 0 saturated carbocycles. The molecule has 1 heterocycles. The predicted molar refractivity (Wildman–Crippen MR) is 105 cm³/mol. The summed E-state index contributed by atoms with van der Waals surface area (Å²) in [5.41, 5.74) is 2.83. The zero-order valence-corrected chi connectivity index (χ0v) is 15.9. The van der Waals surface area contributed by atoms with Crippen molar-refractivity contribution in [1.82, 2.24) is 15.5 Å². The van der Waals surface area contributed by atoms with E-state index in [1.807, 2.05) is 37.3 Å². The van der Waals surface area contributed by atoms with E-state index in [1.165, 1.54) is 6.08 Å². The van der Waals surface area contributed by atoms with Gasteiger partial charge in [0.05, 0.1) is 20.8 Å². The SMILES string of the molecule is COc1ccc(/C=C/C(=O)NCc2nc(-c3ccc(C)cc3)no2)cc1OC. The lowest BCUT2D eigenvalue weighted by atomic mass is 10.1. The smallest absolute Gasteiger partial charge is 0.246 e. The van der Waals surface area contributed by atoms with E-state index in [1.54, 1.807) is 32.4 Å². The third kappa shape index (κ3) is 4.76. The Morgan fingerprint density at radius 3 is 2.57 bits per heavy atom. The van der Waals surface area contributed by atoms with Crippen LogP contribution < -0.4 is 14.8 Å². The Labute approximate surface area is 163 Å². The van der Waals surface area contributed by atoms with Crippen molar-refractivity contribution in [3.63, 3.8) is 0 Å². The number of aromatic nitrogens is 2. The summed E-state index contributed by atoms with van der Waals surface area (Å²) in [5.74, 6) is 1.78. The lowest BCUT2D eigenvalue weighted by Crippen LogP contribution is -2.20. The molecule has 0 bridgehead atoms. The molecule has 1 N–H and O–H groups in total. The standard InChI is InChI=1S/C21H21N3O4/c1-14-4-8-16(9-5-14)21-23-20(28-24-21)13-22-19(25)11-7-15-6-10-17(26-2)18(12-15)27-3/h4-12H,13H2,1-3H3,(H,22,25)/b11-7+. The van der Waals surface area contributed by atoms with Crippen LogP contribution in [0.1, 0.15) is 17.0 Å². The molecule has 0 unspecified atom stereocenters. The quantitative estimate of drug-likeness (QED) is 0.633. The van der Waals surface area contributed by atoms with Crippen molar-refractivity contribution in [3.05, 3.63) is 65.6 Å². The van der Waals surface area contributed by atoms with Crippen molar-refractivity contribution in [2.24, 2.45) is 0 Å². The molecule has 3 aromatic rings. The van der Waals surface area contributed by atoms with Gasteiger partial charge in [-0.05, 0) is 30.7 Å². The monoisotopic (exact) mass is 379 g/mol. The minimum Gasteiger partial charge on any atom is -0.493 e. The van der Waals surface area contributed by atoms with E-state index in [4.69, 9.17) is 14.0 Å². The highest BCUT2D eigenvalue weighted by Crippen LogP contribution is 2.27. The van der Waals surface area contributed by atoms with Gasteiger partial charge in [0.25, 0.3) is 0 Å². The van der Waals surface area contributed by atoms with Crippen LogP contribution in [-0.4, -0.2) is 30.3 Å². The average Bonchev–Trinajstić information content (AvgIpc) is 3.20. The van der Waals surface area contributed by atoms with Crippen LogP contribution in [0.2, 0.25) is 0 Å². The minimum atomic E-state index is -0.273. The number of carbonyl (C=O) groups is 1. The van der Waals surface area contributed by atoms with Crippen LogP contribution in [0.5, 0.6) is 11.5 Å². The Balaban J connectivity index is 1.57. The highest BCUT2D eigenvalue weighted by Gasteiger charge is 2.09. The number of carbonyl (C=O) groups excluding carboxylic acids is 1. The third-order valence-corrected chi connectivity index (χ3v) is 4.03. The molecule has 0 saturated heterocycles. The van der Waals surface area contributed by atoms with Gasteiger partial charge in [-0.2, -0.15) is 4.98 Å². The van der Waals surface area contributed by atoms with Crippen LogP contribution in [0.3, 0.4) is 0 Å². The van der Waals surface area contributed by atoms with Gasteiger partial charge >= 0.3 is 0 Å². The van der Waals surface area contributed by atoms with Crippen molar-refractivity contribution in [1.29, 1.82) is 0 Å². The fourth-order valence-corrected chi connectivity index (χ4v) is 2.50.